The number of ether oxygens (including phenoxy) is 6. The number of hydrogen-bond acceptors (Lipinski definition) is 11. The Bertz CT molecular complexity index is 1320. The highest BCUT2D eigenvalue weighted by atomic mass is 16.6. The fourth-order valence-electron chi connectivity index (χ4n) is 4.28. The van der Waals surface area contributed by atoms with Crippen LogP contribution in [0.25, 0.3) is 12.2 Å². The topological polar surface area (TPSA) is 167 Å². The molecule has 0 aliphatic heterocycles. The van der Waals surface area contributed by atoms with Gasteiger partial charge in [0.15, 0.2) is 34.7 Å². The molecule has 0 unspecified atom stereocenters. The van der Waals surface area contributed by atoms with Crippen LogP contribution in [0.15, 0.2) is 48.6 Å². The van der Waals surface area contributed by atoms with Crippen molar-refractivity contribution < 1.29 is 58.1 Å². The van der Waals surface area contributed by atoms with E-state index in [0.29, 0.717) is 34.1 Å². The lowest BCUT2D eigenvalue weighted by molar-refractivity contribution is -0.204. The van der Waals surface area contributed by atoms with Crippen LogP contribution in [0.3, 0.4) is 0 Å². The number of esters is 2. The summed E-state index contributed by atoms with van der Waals surface area (Å²) in [6.07, 6.45) is -0.825. The summed E-state index contributed by atoms with van der Waals surface area (Å²) in [5.41, 5.74) is -1.27. The molecule has 12 nitrogen and oxygen atoms in total. The van der Waals surface area contributed by atoms with Crippen molar-refractivity contribution in [2.75, 3.05) is 28.4 Å². The molecule has 2 aromatic carbocycles. The first-order valence-electron chi connectivity index (χ1n) is 12.4. The van der Waals surface area contributed by atoms with Gasteiger partial charge < -0.3 is 43.7 Å². The second kappa shape index (κ2) is 13.7. The predicted octanol–water partition coefficient (Wildman–Crippen LogP) is 2.24. The second-order valence-corrected chi connectivity index (χ2v) is 9.08. The maximum atomic E-state index is 12.7. The Morgan fingerprint density at radius 2 is 1.22 bits per heavy atom. The van der Waals surface area contributed by atoms with Crippen molar-refractivity contribution in [3.63, 3.8) is 0 Å². The molecule has 1 aliphatic carbocycles. The lowest BCUT2D eigenvalue weighted by Gasteiger charge is -2.40. The van der Waals surface area contributed by atoms with Gasteiger partial charge in [0, 0.05) is 25.0 Å². The highest BCUT2D eigenvalue weighted by Gasteiger charge is 2.52. The number of carboxylic acid groups (broad SMARTS) is 1. The summed E-state index contributed by atoms with van der Waals surface area (Å²) >= 11 is 0. The Morgan fingerprint density at radius 3 is 1.66 bits per heavy atom. The van der Waals surface area contributed by atoms with E-state index in [9.17, 15) is 29.7 Å². The van der Waals surface area contributed by atoms with Crippen LogP contribution < -0.4 is 18.9 Å². The summed E-state index contributed by atoms with van der Waals surface area (Å²) in [5.74, 6) is -1.59. The average Bonchev–Trinajstić information content (AvgIpc) is 2.96. The van der Waals surface area contributed by atoms with Crippen LogP contribution in [0.1, 0.15) is 24.0 Å². The number of hydrogen-bond donors (Lipinski definition) is 3. The molecule has 4 atom stereocenters. The van der Waals surface area contributed by atoms with Crippen molar-refractivity contribution in [2.45, 2.75) is 36.8 Å². The number of carbonyl (C=O) groups excluding carboxylic acids is 2. The minimum atomic E-state index is -2.41. The fourth-order valence-corrected chi connectivity index (χ4v) is 4.28. The van der Waals surface area contributed by atoms with E-state index in [2.05, 4.69) is 0 Å². The minimum Gasteiger partial charge on any atom is -0.493 e. The van der Waals surface area contributed by atoms with E-state index in [1.54, 1.807) is 36.4 Å². The summed E-state index contributed by atoms with van der Waals surface area (Å²) in [6.45, 7) is 0. The molecule has 0 radical (unpaired) electrons. The van der Waals surface area contributed by atoms with Crippen LogP contribution in [-0.2, 0) is 23.9 Å². The molecule has 1 aliphatic rings. The van der Waals surface area contributed by atoms with Gasteiger partial charge in [-0.3, -0.25) is 0 Å². The molecular formula is C29H32O12. The average molecular weight is 573 g/mol. The molecule has 12 heteroatoms. The Balaban J connectivity index is 1.76. The summed E-state index contributed by atoms with van der Waals surface area (Å²) < 4.78 is 31.6. The van der Waals surface area contributed by atoms with Crippen molar-refractivity contribution >= 4 is 30.1 Å². The van der Waals surface area contributed by atoms with Gasteiger partial charge in [-0.2, -0.15) is 0 Å². The molecule has 3 N–H and O–H groups in total. The zero-order valence-electron chi connectivity index (χ0n) is 22.9. The van der Waals surface area contributed by atoms with E-state index in [1.165, 1.54) is 40.6 Å². The van der Waals surface area contributed by atoms with Gasteiger partial charge in [0.1, 0.15) is 6.10 Å². The number of carboxylic acids is 1. The Labute approximate surface area is 236 Å². The van der Waals surface area contributed by atoms with Crippen molar-refractivity contribution in [3.05, 3.63) is 59.7 Å². The van der Waals surface area contributed by atoms with Gasteiger partial charge in [-0.1, -0.05) is 12.1 Å². The molecule has 0 bridgehead atoms. The fraction of sp³-hybridized carbons (Fsp3) is 0.345. The SMILES string of the molecule is COc1ccc(/C=C/C(=O)O[C@@H]2[C@H](O)C[C@@](O)(C(=O)O)C[C@H]2OC(=O)/C=C/c2ccc(OC)c(OC)c2)cc1OC. The highest BCUT2D eigenvalue weighted by molar-refractivity contribution is 5.88. The maximum absolute atomic E-state index is 12.7. The van der Waals surface area contributed by atoms with Crippen LogP contribution in [0, 0.1) is 0 Å². The summed E-state index contributed by atoms with van der Waals surface area (Å²) in [6, 6.07) is 9.86. The summed E-state index contributed by atoms with van der Waals surface area (Å²) in [7, 11) is 5.90. The molecule has 0 amide bonds. The Morgan fingerprint density at radius 1 is 0.756 bits per heavy atom. The normalized spacial score (nSPS) is 22.2. The molecule has 0 aromatic heterocycles. The van der Waals surface area contributed by atoms with E-state index < -0.39 is 54.7 Å². The number of aliphatic carboxylic acids is 1. The Hall–Kier alpha value is -4.55. The van der Waals surface area contributed by atoms with Crippen LogP contribution in [0.5, 0.6) is 23.0 Å². The largest absolute Gasteiger partial charge is 0.493 e. The number of aliphatic hydroxyl groups excluding tert-OH is 1. The van der Waals surface area contributed by atoms with Crippen LogP contribution in [0.4, 0.5) is 0 Å². The first kappa shape index (κ1) is 31.0. The summed E-state index contributed by atoms with van der Waals surface area (Å²) in [5, 5.41) is 30.7. The third-order valence-electron chi connectivity index (χ3n) is 6.39. The first-order chi connectivity index (χ1) is 19.5. The molecular weight excluding hydrogens is 540 g/mol. The number of benzene rings is 2. The molecule has 220 valence electrons. The van der Waals surface area contributed by atoms with E-state index >= 15 is 0 Å². The zero-order valence-corrected chi connectivity index (χ0v) is 22.9. The molecule has 0 spiro atoms. The van der Waals surface area contributed by atoms with Crippen molar-refractivity contribution in [2.24, 2.45) is 0 Å². The monoisotopic (exact) mass is 572 g/mol. The highest BCUT2D eigenvalue weighted by Crippen LogP contribution is 2.34. The second-order valence-electron chi connectivity index (χ2n) is 9.08. The van der Waals surface area contributed by atoms with E-state index in [4.69, 9.17) is 28.4 Å². The van der Waals surface area contributed by atoms with Gasteiger partial charge in [0.2, 0.25) is 0 Å². The molecule has 2 aromatic rings. The third-order valence-corrected chi connectivity index (χ3v) is 6.39. The molecule has 0 saturated heterocycles. The molecule has 0 heterocycles. The number of rotatable bonds is 11. The van der Waals surface area contributed by atoms with E-state index in [-0.39, 0.29) is 0 Å². The zero-order chi connectivity index (χ0) is 30.2. The van der Waals surface area contributed by atoms with Gasteiger partial charge >= 0.3 is 17.9 Å². The van der Waals surface area contributed by atoms with Crippen molar-refractivity contribution in [1.29, 1.82) is 0 Å². The van der Waals surface area contributed by atoms with Gasteiger partial charge in [-0.05, 0) is 47.5 Å². The molecule has 1 fully saturated rings. The quantitative estimate of drug-likeness (QED) is 0.266. The standard InChI is InChI=1S/C29H32O12/c1-36-20-9-5-17(13-22(20)38-3)7-11-25(31)40-24-16-29(35,28(33)34)15-19(30)27(24)41-26(32)12-8-18-6-10-21(37-2)23(14-18)39-4/h5-14,19,24,27,30,35H,15-16H2,1-4H3,(H,33,34)/b11-7+,12-8+/t19-,24-,27-,29+/m1/s1. The molecule has 1 saturated carbocycles. The maximum Gasteiger partial charge on any atom is 0.335 e. The molecule has 3 rings (SSSR count). The van der Waals surface area contributed by atoms with Gasteiger partial charge in [-0.15, -0.1) is 0 Å². The van der Waals surface area contributed by atoms with Crippen LogP contribution in [0.2, 0.25) is 0 Å². The van der Waals surface area contributed by atoms with Gasteiger partial charge in [0.05, 0.1) is 34.5 Å². The third kappa shape index (κ3) is 7.77. The van der Waals surface area contributed by atoms with Gasteiger partial charge in [0.25, 0.3) is 0 Å². The number of aliphatic hydroxyl groups is 2. The van der Waals surface area contributed by atoms with E-state index in [0.717, 1.165) is 12.2 Å². The predicted molar refractivity (Wildman–Crippen MR) is 145 cm³/mol. The van der Waals surface area contributed by atoms with Crippen LogP contribution in [-0.4, -0.2) is 85.6 Å². The first-order valence-corrected chi connectivity index (χ1v) is 12.4. The lowest BCUT2D eigenvalue weighted by atomic mass is 9.79. The number of carbonyl (C=O) groups is 3. The van der Waals surface area contributed by atoms with Crippen molar-refractivity contribution in [1.82, 2.24) is 0 Å². The lowest BCUT2D eigenvalue weighted by Crippen LogP contribution is -2.58. The summed E-state index contributed by atoms with van der Waals surface area (Å²) in [4.78, 5) is 37.0. The smallest absolute Gasteiger partial charge is 0.335 e. The minimum absolute atomic E-state index is 0.429. The van der Waals surface area contributed by atoms with Gasteiger partial charge in [-0.25, -0.2) is 14.4 Å². The Kier molecular flexibility index (Phi) is 10.3. The van der Waals surface area contributed by atoms with Crippen LogP contribution >= 0.6 is 0 Å². The van der Waals surface area contributed by atoms with Crippen molar-refractivity contribution in [3.8, 4) is 23.0 Å². The number of methoxy groups -OCH3 is 4. The molecule has 41 heavy (non-hydrogen) atoms. The van der Waals surface area contributed by atoms with E-state index in [1.807, 2.05) is 0 Å².